The molecule has 0 heterocycles. The average Bonchev–Trinajstić information content (AvgIpc) is 2.78. The van der Waals surface area contributed by atoms with Crippen LogP contribution in [0.1, 0.15) is 39.9 Å². The van der Waals surface area contributed by atoms with E-state index in [1.54, 1.807) is 43.3 Å². The maximum absolute atomic E-state index is 14.4. The number of halogens is 1. The number of likely N-dealkylation sites (N-methyl/N-ethyl adjacent to an activating group) is 2. The second kappa shape index (κ2) is 10.8. The van der Waals surface area contributed by atoms with Crippen molar-refractivity contribution in [2.24, 2.45) is 0 Å². The van der Waals surface area contributed by atoms with Crippen LogP contribution in [0.2, 0.25) is 0 Å². The minimum Gasteiger partial charge on any atom is -0.381 e. The molecule has 31 heavy (non-hydrogen) atoms. The van der Waals surface area contributed by atoms with Crippen molar-refractivity contribution in [3.63, 3.8) is 0 Å². The first kappa shape index (κ1) is 24.2. The van der Waals surface area contributed by atoms with Crippen LogP contribution >= 0.6 is 0 Å². The normalized spacial score (nSPS) is 12.8. The van der Waals surface area contributed by atoms with Gasteiger partial charge in [-0.05, 0) is 31.2 Å². The summed E-state index contributed by atoms with van der Waals surface area (Å²) in [6.45, 7) is 1.92. The summed E-state index contributed by atoms with van der Waals surface area (Å²) >= 11 is 0. The Morgan fingerprint density at radius 1 is 1.23 bits per heavy atom. The number of benzene rings is 2. The highest BCUT2D eigenvalue weighted by Crippen LogP contribution is 2.26. The van der Waals surface area contributed by atoms with Gasteiger partial charge in [0, 0.05) is 49.8 Å². The van der Waals surface area contributed by atoms with Crippen molar-refractivity contribution in [2.75, 3.05) is 19.4 Å². The van der Waals surface area contributed by atoms with Gasteiger partial charge in [0.15, 0.2) is 5.72 Å². The standard InChI is InChI=1S/C23H28FN3O4/c1-16-7-4-8-17(21(16)24)13-26-20-10-5-9-18(15-29)19(20)14-27(3)23(31,11-6-12-28)22(30)25-2/h4-5,7-10,12,15,26,31H,6,11,13-14H2,1-3H3,(H,25,30). The second-order valence-corrected chi connectivity index (χ2v) is 7.35. The zero-order valence-corrected chi connectivity index (χ0v) is 17.9. The molecule has 1 atom stereocenters. The van der Waals surface area contributed by atoms with Gasteiger partial charge in [0.2, 0.25) is 0 Å². The van der Waals surface area contributed by atoms with E-state index < -0.39 is 11.6 Å². The molecule has 0 bridgehead atoms. The molecule has 166 valence electrons. The summed E-state index contributed by atoms with van der Waals surface area (Å²) in [5.74, 6) is -0.958. The third-order valence-electron chi connectivity index (χ3n) is 5.31. The Bertz CT molecular complexity index is 950. The van der Waals surface area contributed by atoms with E-state index in [1.807, 2.05) is 0 Å². The lowest BCUT2D eigenvalue weighted by Gasteiger charge is -2.35. The number of anilines is 1. The van der Waals surface area contributed by atoms with Crippen LogP contribution in [0, 0.1) is 12.7 Å². The number of hydrogen-bond donors (Lipinski definition) is 3. The van der Waals surface area contributed by atoms with Crippen molar-refractivity contribution in [1.29, 1.82) is 0 Å². The van der Waals surface area contributed by atoms with Crippen LogP contribution in [-0.4, -0.2) is 48.3 Å². The minimum absolute atomic E-state index is 0.0126. The summed E-state index contributed by atoms with van der Waals surface area (Å²) in [7, 11) is 2.93. The monoisotopic (exact) mass is 429 g/mol. The minimum atomic E-state index is -1.94. The van der Waals surface area contributed by atoms with E-state index in [9.17, 15) is 23.9 Å². The molecule has 0 spiro atoms. The summed E-state index contributed by atoms with van der Waals surface area (Å²) in [5.41, 5.74) is 0.561. The van der Waals surface area contributed by atoms with Crippen molar-refractivity contribution >= 4 is 24.2 Å². The Morgan fingerprint density at radius 3 is 2.58 bits per heavy atom. The number of rotatable bonds is 11. The van der Waals surface area contributed by atoms with Gasteiger partial charge in [-0.2, -0.15) is 0 Å². The SMILES string of the molecule is CNC(=O)C(O)(CCC=O)N(C)Cc1c(C=O)cccc1NCc1cccc(C)c1F. The van der Waals surface area contributed by atoms with Crippen molar-refractivity contribution in [3.8, 4) is 0 Å². The van der Waals surface area contributed by atoms with Crippen molar-refractivity contribution in [2.45, 2.75) is 38.6 Å². The quantitative estimate of drug-likeness (QED) is 0.375. The zero-order valence-electron chi connectivity index (χ0n) is 17.9. The first-order valence-electron chi connectivity index (χ1n) is 9.92. The van der Waals surface area contributed by atoms with E-state index >= 15 is 0 Å². The lowest BCUT2D eigenvalue weighted by atomic mass is 10.0. The Morgan fingerprint density at radius 2 is 1.94 bits per heavy atom. The summed E-state index contributed by atoms with van der Waals surface area (Å²) in [4.78, 5) is 36.2. The smallest absolute Gasteiger partial charge is 0.267 e. The van der Waals surface area contributed by atoms with E-state index in [0.29, 0.717) is 40.5 Å². The molecular formula is C23H28FN3O4. The molecule has 7 nitrogen and oxygen atoms in total. The van der Waals surface area contributed by atoms with E-state index in [1.165, 1.54) is 19.0 Å². The molecule has 3 N–H and O–H groups in total. The third kappa shape index (κ3) is 5.53. The van der Waals surface area contributed by atoms with Crippen LogP contribution in [0.25, 0.3) is 0 Å². The van der Waals surface area contributed by atoms with Gasteiger partial charge < -0.3 is 20.5 Å². The molecular weight excluding hydrogens is 401 g/mol. The number of aliphatic hydroxyl groups is 1. The molecule has 1 amide bonds. The maximum Gasteiger partial charge on any atom is 0.267 e. The van der Waals surface area contributed by atoms with Gasteiger partial charge in [0.05, 0.1) is 0 Å². The van der Waals surface area contributed by atoms with E-state index in [4.69, 9.17) is 0 Å². The number of aryl methyl sites for hydroxylation is 1. The molecule has 0 aliphatic rings. The summed E-state index contributed by atoms with van der Waals surface area (Å²) in [5, 5.41) is 16.5. The van der Waals surface area contributed by atoms with Gasteiger partial charge >= 0.3 is 0 Å². The number of nitrogens with one attached hydrogen (secondary N) is 2. The van der Waals surface area contributed by atoms with Crippen LogP contribution in [0.15, 0.2) is 36.4 Å². The molecule has 0 aromatic heterocycles. The fourth-order valence-electron chi connectivity index (χ4n) is 3.40. The summed E-state index contributed by atoms with van der Waals surface area (Å²) < 4.78 is 14.4. The predicted octanol–water partition coefficient (Wildman–Crippen LogP) is 2.40. The molecule has 2 aromatic carbocycles. The molecule has 2 aromatic rings. The van der Waals surface area contributed by atoms with Gasteiger partial charge in [0.25, 0.3) is 5.91 Å². The number of amides is 1. The highest BCUT2D eigenvalue weighted by Gasteiger charge is 2.39. The van der Waals surface area contributed by atoms with Crippen LogP contribution in [0.5, 0.6) is 0 Å². The van der Waals surface area contributed by atoms with Crippen LogP contribution < -0.4 is 10.6 Å². The van der Waals surface area contributed by atoms with Gasteiger partial charge in [-0.25, -0.2) is 4.39 Å². The number of carbonyl (C=O) groups is 3. The van der Waals surface area contributed by atoms with Crippen LogP contribution in [-0.2, 0) is 22.7 Å². The highest BCUT2D eigenvalue weighted by atomic mass is 19.1. The van der Waals surface area contributed by atoms with Crippen molar-refractivity contribution in [1.82, 2.24) is 10.2 Å². The molecule has 0 saturated carbocycles. The average molecular weight is 429 g/mol. The van der Waals surface area contributed by atoms with E-state index in [2.05, 4.69) is 10.6 Å². The lowest BCUT2D eigenvalue weighted by Crippen LogP contribution is -2.56. The Labute approximate surface area is 181 Å². The van der Waals surface area contributed by atoms with Gasteiger partial charge in [-0.1, -0.05) is 30.3 Å². The largest absolute Gasteiger partial charge is 0.381 e. The molecule has 0 aliphatic carbocycles. The predicted molar refractivity (Wildman–Crippen MR) is 116 cm³/mol. The Hall–Kier alpha value is -3.10. The van der Waals surface area contributed by atoms with Gasteiger partial charge in [0.1, 0.15) is 18.4 Å². The fraction of sp³-hybridized carbons (Fsp3) is 0.348. The first-order chi connectivity index (χ1) is 14.8. The molecule has 1 unspecified atom stereocenters. The highest BCUT2D eigenvalue weighted by molar-refractivity contribution is 5.85. The van der Waals surface area contributed by atoms with Gasteiger partial charge in [-0.3, -0.25) is 14.5 Å². The molecule has 0 saturated heterocycles. The third-order valence-corrected chi connectivity index (χ3v) is 5.31. The molecule has 0 radical (unpaired) electrons. The van der Waals surface area contributed by atoms with Crippen LogP contribution in [0.3, 0.4) is 0 Å². The zero-order chi connectivity index (χ0) is 23.0. The van der Waals surface area contributed by atoms with E-state index in [-0.39, 0.29) is 31.7 Å². The van der Waals surface area contributed by atoms with Crippen LogP contribution in [0.4, 0.5) is 10.1 Å². The fourth-order valence-corrected chi connectivity index (χ4v) is 3.40. The number of hydrogen-bond acceptors (Lipinski definition) is 6. The van der Waals surface area contributed by atoms with Crippen molar-refractivity contribution in [3.05, 3.63) is 64.5 Å². The van der Waals surface area contributed by atoms with Crippen molar-refractivity contribution < 1.29 is 23.9 Å². The molecule has 8 heteroatoms. The maximum atomic E-state index is 14.4. The summed E-state index contributed by atoms with van der Waals surface area (Å²) in [6.07, 6.45) is 1.20. The Kier molecular flexibility index (Phi) is 8.41. The first-order valence-corrected chi connectivity index (χ1v) is 9.92. The van der Waals surface area contributed by atoms with Gasteiger partial charge in [-0.15, -0.1) is 0 Å². The summed E-state index contributed by atoms with van der Waals surface area (Å²) in [6, 6.07) is 10.2. The Balaban J connectivity index is 2.34. The lowest BCUT2D eigenvalue weighted by molar-refractivity contribution is -0.163. The number of aldehydes is 2. The van der Waals surface area contributed by atoms with E-state index in [0.717, 1.165) is 0 Å². The topological polar surface area (TPSA) is 98.7 Å². The molecule has 2 rings (SSSR count). The molecule has 0 aliphatic heterocycles. The number of nitrogens with zero attached hydrogens (tertiary/aromatic N) is 1. The number of carbonyl (C=O) groups excluding carboxylic acids is 3. The molecule has 0 fully saturated rings. The second-order valence-electron chi connectivity index (χ2n) is 7.35.